The first-order chi connectivity index (χ1) is 9.86. The summed E-state index contributed by atoms with van der Waals surface area (Å²) in [5.74, 6) is -1.33. The van der Waals surface area contributed by atoms with E-state index in [4.69, 9.17) is 5.11 Å². The molecule has 0 aliphatic rings. The van der Waals surface area contributed by atoms with Gasteiger partial charge in [0.25, 0.3) is 0 Å². The Bertz CT molecular complexity index is 822. The molecule has 0 saturated heterocycles. The van der Waals surface area contributed by atoms with Crippen molar-refractivity contribution in [2.24, 2.45) is 0 Å². The molecule has 21 heavy (non-hydrogen) atoms. The van der Waals surface area contributed by atoms with Crippen LogP contribution in [-0.2, 0) is 6.18 Å². The summed E-state index contributed by atoms with van der Waals surface area (Å²) < 4.78 is 39.5. The molecular formula is C13H7F3N2O2S. The fourth-order valence-electron chi connectivity index (χ4n) is 2.00. The quantitative estimate of drug-likeness (QED) is 0.751. The summed E-state index contributed by atoms with van der Waals surface area (Å²) in [4.78, 5) is 18.0. The Hall–Kier alpha value is -2.35. The summed E-state index contributed by atoms with van der Waals surface area (Å²) in [6, 6.07) is 5.25. The maximum absolute atomic E-state index is 13.2. The van der Waals surface area contributed by atoms with Crippen molar-refractivity contribution in [3.63, 3.8) is 0 Å². The zero-order valence-electron chi connectivity index (χ0n) is 10.2. The number of hydrogen-bond acceptors (Lipinski definition) is 3. The first kappa shape index (κ1) is 13.6. The second-order valence-corrected chi connectivity index (χ2v) is 5.23. The normalized spacial score (nSPS) is 12.0. The number of rotatable bonds is 2. The van der Waals surface area contributed by atoms with E-state index < -0.39 is 17.7 Å². The van der Waals surface area contributed by atoms with Crippen molar-refractivity contribution < 1.29 is 23.1 Å². The van der Waals surface area contributed by atoms with Crippen LogP contribution in [0.2, 0.25) is 0 Å². The number of fused-ring (bicyclic) bond motifs is 1. The van der Waals surface area contributed by atoms with Gasteiger partial charge in [-0.25, -0.2) is 9.78 Å². The van der Waals surface area contributed by atoms with E-state index in [1.54, 1.807) is 17.5 Å². The van der Waals surface area contributed by atoms with Crippen LogP contribution in [0, 0.1) is 0 Å². The molecule has 8 heteroatoms. The van der Waals surface area contributed by atoms with Gasteiger partial charge in [0.05, 0.1) is 16.1 Å². The highest BCUT2D eigenvalue weighted by Gasteiger charge is 2.34. The first-order valence-electron chi connectivity index (χ1n) is 5.74. The Kier molecular flexibility index (Phi) is 2.98. The van der Waals surface area contributed by atoms with E-state index in [2.05, 4.69) is 9.97 Å². The van der Waals surface area contributed by atoms with Gasteiger partial charge in [0.2, 0.25) is 0 Å². The Morgan fingerprint density at radius 2 is 2.10 bits per heavy atom. The highest BCUT2D eigenvalue weighted by molar-refractivity contribution is 7.13. The van der Waals surface area contributed by atoms with Gasteiger partial charge in [-0.2, -0.15) is 13.2 Å². The molecule has 0 spiro atoms. The Morgan fingerprint density at radius 1 is 1.33 bits per heavy atom. The summed E-state index contributed by atoms with van der Waals surface area (Å²) in [5.41, 5.74) is -1.17. The molecule has 0 fully saturated rings. The SMILES string of the molecule is O=C(O)c1cc2c(C(F)(F)F)cc(-c3cccs3)nc2[nH]1. The molecule has 2 N–H and O–H groups in total. The number of thiophene rings is 1. The topological polar surface area (TPSA) is 66.0 Å². The van der Waals surface area contributed by atoms with Crippen LogP contribution in [0.5, 0.6) is 0 Å². The molecule has 0 unspecified atom stereocenters. The summed E-state index contributed by atoms with van der Waals surface area (Å²) >= 11 is 1.26. The summed E-state index contributed by atoms with van der Waals surface area (Å²) in [6.45, 7) is 0. The van der Waals surface area contributed by atoms with Crippen LogP contribution in [0.3, 0.4) is 0 Å². The Morgan fingerprint density at radius 3 is 2.67 bits per heavy atom. The smallest absolute Gasteiger partial charge is 0.417 e. The number of hydrogen-bond donors (Lipinski definition) is 2. The number of aromatic amines is 1. The lowest BCUT2D eigenvalue weighted by molar-refractivity contribution is -0.136. The number of carbonyl (C=O) groups is 1. The summed E-state index contributed by atoms with van der Waals surface area (Å²) in [7, 11) is 0. The molecule has 0 radical (unpaired) electrons. The van der Waals surface area contributed by atoms with Crippen molar-refractivity contribution >= 4 is 28.3 Å². The minimum atomic E-state index is -4.59. The van der Waals surface area contributed by atoms with E-state index in [9.17, 15) is 18.0 Å². The number of pyridine rings is 1. The monoisotopic (exact) mass is 312 g/mol. The van der Waals surface area contributed by atoms with E-state index in [0.717, 1.165) is 12.1 Å². The molecule has 0 aromatic carbocycles. The molecule has 3 aromatic heterocycles. The molecule has 4 nitrogen and oxygen atoms in total. The van der Waals surface area contributed by atoms with Crippen molar-refractivity contribution in [2.45, 2.75) is 6.18 Å². The van der Waals surface area contributed by atoms with Gasteiger partial charge in [-0.15, -0.1) is 11.3 Å². The van der Waals surface area contributed by atoms with Crippen LogP contribution in [0.15, 0.2) is 29.6 Å². The van der Waals surface area contributed by atoms with Crippen molar-refractivity contribution in [1.29, 1.82) is 0 Å². The van der Waals surface area contributed by atoms with E-state index >= 15 is 0 Å². The lowest BCUT2D eigenvalue weighted by Crippen LogP contribution is -2.06. The van der Waals surface area contributed by atoms with E-state index in [-0.39, 0.29) is 22.4 Å². The van der Waals surface area contributed by atoms with Crippen LogP contribution in [0.1, 0.15) is 16.1 Å². The minimum absolute atomic E-state index is 0.0920. The molecule has 3 heterocycles. The minimum Gasteiger partial charge on any atom is -0.477 e. The average Bonchev–Trinajstić information content (AvgIpc) is 3.05. The standard InChI is InChI=1S/C13H7F3N2O2S/c14-13(15,16)7-5-8(10-2-1-3-21-10)17-11-6(7)4-9(18-11)12(19)20/h1-5H,(H,17,18)(H,19,20). The van der Waals surface area contributed by atoms with Crippen LogP contribution in [0.25, 0.3) is 21.6 Å². The van der Waals surface area contributed by atoms with Crippen LogP contribution >= 0.6 is 11.3 Å². The third kappa shape index (κ3) is 2.38. The first-order valence-corrected chi connectivity index (χ1v) is 6.62. The number of nitrogens with one attached hydrogen (secondary N) is 1. The van der Waals surface area contributed by atoms with Crippen LogP contribution < -0.4 is 0 Å². The number of carboxylic acids is 1. The molecule has 0 bridgehead atoms. The number of nitrogens with zero attached hydrogens (tertiary/aromatic N) is 1. The van der Waals surface area contributed by atoms with Gasteiger partial charge in [-0.3, -0.25) is 0 Å². The highest BCUT2D eigenvalue weighted by Crippen LogP contribution is 2.37. The molecule has 0 aliphatic heterocycles. The summed E-state index contributed by atoms with van der Waals surface area (Å²) in [6.07, 6.45) is -4.59. The molecule has 0 amide bonds. The predicted octanol–water partition coefficient (Wildman–Crippen LogP) is 4.01. The number of carboxylic acid groups (broad SMARTS) is 1. The highest BCUT2D eigenvalue weighted by atomic mass is 32.1. The van der Waals surface area contributed by atoms with E-state index in [0.29, 0.717) is 4.88 Å². The molecular weight excluding hydrogens is 305 g/mol. The Balaban J connectivity index is 2.32. The number of alkyl halides is 3. The summed E-state index contributed by atoms with van der Waals surface area (Å²) in [5, 5.41) is 10.4. The molecule has 3 aromatic rings. The third-order valence-electron chi connectivity index (χ3n) is 2.91. The predicted molar refractivity (Wildman–Crippen MR) is 71.4 cm³/mol. The molecule has 3 rings (SSSR count). The second-order valence-electron chi connectivity index (χ2n) is 4.28. The molecule has 0 saturated carbocycles. The third-order valence-corrected chi connectivity index (χ3v) is 3.80. The van der Waals surface area contributed by atoms with Crippen molar-refractivity contribution in [1.82, 2.24) is 9.97 Å². The molecule has 0 atom stereocenters. The van der Waals surface area contributed by atoms with Crippen molar-refractivity contribution in [2.75, 3.05) is 0 Å². The zero-order chi connectivity index (χ0) is 15.2. The maximum Gasteiger partial charge on any atom is 0.417 e. The van der Waals surface area contributed by atoms with Gasteiger partial charge in [-0.1, -0.05) is 6.07 Å². The van der Waals surface area contributed by atoms with Gasteiger partial charge in [0.15, 0.2) is 0 Å². The molecule has 108 valence electrons. The Labute approximate surface area is 119 Å². The lowest BCUT2D eigenvalue weighted by Gasteiger charge is -2.09. The van der Waals surface area contributed by atoms with Crippen molar-refractivity contribution in [3.05, 3.63) is 40.9 Å². The number of H-pyrrole nitrogens is 1. The van der Waals surface area contributed by atoms with Crippen LogP contribution in [0.4, 0.5) is 13.2 Å². The second kappa shape index (κ2) is 4.59. The van der Waals surface area contributed by atoms with Gasteiger partial charge in [0, 0.05) is 5.39 Å². The maximum atomic E-state index is 13.2. The van der Waals surface area contributed by atoms with Crippen LogP contribution in [-0.4, -0.2) is 21.0 Å². The fraction of sp³-hybridized carbons (Fsp3) is 0.0769. The van der Waals surface area contributed by atoms with Gasteiger partial charge >= 0.3 is 12.1 Å². The van der Waals surface area contributed by atoms with Crippen molar-refractivity contribution in [3.8, 4) is 10.6 Å². The number of aromatic carboxylic acids is 1. The fourth-order valence-corrected chi connectivity index (χ4v) is 2.69. The van der Waals surface area contributed by atoms with Gasteiger partial charge in [-0.05, 0) is 23.6 Å². The van der Waals surface area contributed by atoms with E-state index in [1.165, 1.54) is 11.3 Å². The number of halogens is 3. The average molecular weight is 312 g/mol. The van der Waals surface area contributed by atoms with E-state index in [1.807, 2.05) is 0 Å². The van der Waals surface area contributed by atoms with Gasteiger partial charge in [0.1, 0.15) is 11.3 Å². The zero-order valence-corrected chi connectivity index (χ0v) is 11.0. The van der Waals surface area contributed by atoms with Gasteiger partial charge < -0.3 is 10.1 Å². The number of aromatic nitrogens is 2. The largest absolute Gasteiger partial charge is 0.477 e. The molecule has 0 aliphatic carbocycles. The lowest BCUT2D eigenvalue weighted by atomic mass is 10.1.